The van der Waals surface area contributed by atoms with Crippen LogP contribution in [0.4, 0.5) is 0 Å². The zero-order chi connectivity index (χ0) is 89.5. The van der Waals surface area contributed by atoms with Crippen molar-refractivity contribution in [2.75, 3.05) is 0 Å². The van der Waals surface area contributed by atoms with E-state index in [-0.39, 0.29) is 32.5 Å². The molecule has 0 fully saturated rings. The molecule has 0 saturated heterocycles. The summed E-state index contributed by atoms with van der Waals surface area (Å²) in [6.07, 6.45) is 61.9. The molecule has 6 aromatic rings. The summed E-state index contributed by atoms with van der Waals surface area (Å²) in [7, 11) is -3.73. The Balaban J connectivity index is 0.000000489. The lowest BCUT2D eigenvalue weighted by Crippen LogP contribution is -2.20. The summed E-state index contributed by atoms with van der Waals surface area (Å²) in [6, 6.07) is 40.5. The van der Waals surface area contributed by atoms with Crippen molar-refractivity contribution in [1.82, 2.24) is 0 Å². The zero-order valence-electron chi connectivity index (χ0n) is 83.7. The van der Waals surface area contributed by atoms with Gasteiger partial charge in [-0.1, -0.05) is 470 Å². The SMILES string of the molecule is CC(C)(C)c1ccc(OP(Oc2ccc(C(C)(C)C)cc2C(C)(C)C)Oc2ccc(C(C)(C)C)cc2C(C)(C)C)c(C(C)(C)C)c1.CCCCCCCCCc1cccc(OP(Oc2cccc(CCCCCCCCC)c2CCCCCCCCC)Oc2cccc(CCCCCCCCC)c2CCCCCCCCC)c1CCCCCCCCC. The van der Waals surface area contributed by atoms with Gasteiger partial charge in [0.15, 0.2) is 0 Å². The predicted octanol–water partition coefficient (Wildman–Crippen LogP) is 38.4. The second-order valence-corrected chi connectivity index (χ2v) is 44.5. The van der Waals surface area contributed by atoms with Gasteiger partial charge >= 0.3 is 17.2 Å². The molecule has 0 saturated carbocycles. The lowest BCUT2D eigenvalue weighted by atomic mass is 9.80. The van der Waals surface area contributed by atoms with Crippen LogP contribution in [0.2, 0.25) is 0 Å². The van der Waals surface area contributed by atoms with Crippen LogP contribution in [0.5, 0.6) is 34.5 Å². The Morgan fingerprint density at radius 3 is 0.557 bits per heavy atom. The van der Waals surface area contributed by atoms with Crippen molar-refractivity contribution in [1.29, 1.82) is 0 Å². The molecule has 0 aliphatic rings. The van der Waals surface area contributed by atoms with Crippen LogP contribution in [0.1, 0.15) is 503 Å². The molecule has 6 rings (SSSR count). The second-order valence-electron chi connectivity index (χ2n) is 42.5. The van der Waals surface area contributed by atoms with Crippen LogP contribution in [0.3, 0.4) is 0 Å². The Morgan fingerprint density at radius 2 is 0.369 bits per heavy atom. The van der Waals surface area contributed by atoms with E-state index in [4.69, 9.17) is 27.1 Å². The Labute approximate surface area is 756 Å². The molecule has 0 atom stereocenters. The van der Waals surface area contributed by atoms with Gasteiger partial charge in [0.1, 0.15) is 34.5 Å². The third kappa shape index (κ3) is 41.4. The van der Waals surface area contributed by atoms with E-state index in [0.29, 0.717) is 0 Å². The maximum absolute atomic E-state index is 7.44. The van der Waals surface area contributed by atoms with E-state index in [9.17, 15) is 0 Å². The standard InChI is InChI=1S/C72H123O3P.C42H63O3P/c1-7-13-19-25-31-37-43-52-64-55-49-61-70(67(64)58-46-40-34-28-22-16-10-4)73-76(74-71-62-50-56-65(53-44-38-32-26-20-14-8-2)68(71)59-47-41-35-29-23-17-11-5)75-72-63-51-57-66(54-45-39-33-27-21-15-9-3)69(72)60-48-42-36-30-24-18-12-6;1-37(2,3)28-19-22-34(31(25-28)40(10,11)12)43-46(44-35-23-20-29(38(4,5)6)26-32(35)41(13,14)15)45-36-24-21-30(39(7,8)9)27-33(36)42(16,17)18/h49-51,55-57,61-63H,7-48,52-54,58-60H2,1-6H3;19-27H,1-18H3. The van der Waals surface area contributed by atoms with Crippen LogP contribution in [-0.4, -0.2) is 0 Å². The highest BCUT2D eigenvalue weighted by Gasteiger charge is 2.34. The molecule has 0 aromatic heterocycles. The Kier molecular flexibility index (Phi) is 50.9. The summed E-state index contributed by atoms with van der Waals surface area (Å²) in [5, 5.41) is 0. The lowest BCUT2D eigenvalue weighted by molar-refractivity contribution is 0.371. The smallest absolute Gasteiger partial charge is 0.408 e. The molecule has 0 aliphatic heterocycles. The first kappa shape index (κ1) is 108. The van der Waals surface area contributed by atoms with Gasteiger partial charge in [-0.15, -0.1) is 0 Å². The molecular weight excluding hydrogens is 1530 g/mol. The normalized spacial score (nSPS) is 12.3. The monoisotopic (exact) mass is 1710 g/mol. The summed E-state index contributed by atoms with van der Waals surface area (Å²) in [5.41, 5.74) is 15.5. The number of aryl methyl sites for hydroxylation is 3. The fraction of sp³-hybridized carbons (Fsp3) is 0.684. The fourth-order valence-electron chi connectivity index (χ4n) is 16.8. The summed E-state index contributed by atoms with van der Waals surface area (Å²) < 4.78 is 43.0. The molecule has 688 valence electrons. The van der Waals surface area contributed by atoms with Crippen molar-refractivity contribution in [3.05, 3.63) is 176 Å². The minimum Gasteiger partial charge on any atom is -0.408 e. The van der Waals surface area contributed by atoms with Crippen LogP contribution in [0.25, 0.3) is 0 Å². The molecule has 6 aromatic carbocycles. The summed E-state index contributed by atoms with van der Waals surface area (Å²) in [5.74, 6) is 5.33. The van der Waals surface area contributed by atoms with E-state index in [1.165, 1.54) is 320 Å². The molecule has 6 nitrogen and oxygen atoms in total. The third-order valence-electron chi connectivity index (χ3n) is 24.9. The lowest BCUT2D eigenvalue weighted by Gasteiger charge is -2.31. The van der Waals surface area contributed by atoms with Crippen molar-refractivity contribution in [2.24, 2.45) is 0 Å². The largest absolute Gasteiger partial charge is 0.530 e. The van der Waals surface area contributed by atoms with Gasteiger partial charge in [0.25, 0.3) is 0 Å². The Morgan fingerprint density at radius 1 is 0.189 bits per heavy atom. The van der Waals surface area contributed by atoms with E-state index in [1.807, 2.05) is 0 Å². The van der Waals surface area contributed by atoms with Crippen LogP contribution < -0.4 is 27.1 Å². The van der Waals surface area contributed by atoms with Gasteiger partial charge in [0, 0.05) is 16.7 Å². The first-order valence-corrected chi connectivity index (χ1v) is 52.8. The molecule has 0 unspecified atom stereocenters. The molecule has 0 spiro atoms. The van der Waals surface area contributed by atoms with Gasteiger partial charge in [0.2, 0.25) is 0 Å². The van der Waals surface area contributed by atoms with Crippen molar-refractivity contribution in [3.63, 3.8) is 0 Å². The highest BCUT2D eigenvalue weighted by atomic mass is 31.2. The Hall–Kier alpha value is -5.02. The maximum Gasteiger partial charge on any atom is 0.530 e. The first-order valence-electron chi connectivity index (χ1n) is 50.6. The number of unbranched alkanes of at least 4 members (excludes halogenated alkanes) is 36. The molecule has 8 heteroatoms. The predicted molar refractivity (Wildman–Crippen MR) is 539 cm³/mol. The quantitative estimate of drug-likeness (QED) is 0.0280. The molecule has 0 N–H and O–H groups in total. The highest BCUT2D eigenvalue weighted by molar-refractivity contribution is 7.43. The molecule has 122 heavy (non-hydrogen) atoms. The number of benzene rings is 6. The average Bonchev–Trinajstić information content (AvgIpc) is 0.784. The summed E-state index contributed by atoms with van der Waals surface area (Å²) >= 11 is 0. The second kappa shape index (κ2) is 57.7. The fourth-order valence-corrected chi connectivity index (χ4v) is 19.0. The van der Waals surface area contributed by atoms with Gasteiger partial charge in [-0.05, 0) is 196 Å². The van der Waals surface area contributed by atoms with E-state index >= 15 is 0 Å². The van der Waals surface area contributed by atoms with E-state index in [0.717, 1.165) is 89.7 Å². The van der Waals surface area contributed by atoms with E-state index in [1.54, 1.807) is 0 Å². The third-order valence-corrected chi connectivity index (χ3v) is 27.0. The number of hydrogen-bond acceptors (Lipinski definition) is 6. The molecule has 0 amide bonds. The van der Waals surface area contributed by atoms with Crippen LogP contribution in [0.15, 0.2) is 109 Å². The minimum absolute atomic E-state index is 0.0170. The van der Waals surface area contributed by atoms with Crippen molar-refractivity contribution < 1.29 is 27.1 Å². The summed E-state index contributed by atoms with van der Waals surface area (Å²) in [6.45, 7) is 54.3. The zero-order valence-corrected chi connectivity index (χ0v) is 85.5. The van der Waals surface area contributed by atoms with Crippen LogP contribution >= 0.6 is 17.2 Å². The molecule has 0 radical (unpaired) electrons. The van der Waals surface area contributed by atoms with Gasteiger partial charge in [-0.25, -0.2) is 0 Å². The minimum atomic E-state index is -1.89. The number of rotatable bonds is 60. The maximum atomic E-state index is 7.44. The molecular formula is C114H186O6P2. The van der Waals surface area contributed by atoms with Gasteiger partial charge < -0.3 is 27.1 Å². The Bertz CT molecular complexity index is 3380. The average molecular weight is 1710 g/mol. The molecule has 0 heterocycles. The van der Waals surface area contributed by atoms with Gasteiger partial charge in [-0.2, -0.15) is 0 Å². The molecule has 0 aliphatic carbocycles. The van der Waals surface area contributed by atoms with E-state index < -0.39 is 17.2 Å². The van der Waals surface area contributed by atoms with Crippen molar-refractivity contribution >= 4 is 17.2 Å². The van der Waals surface area contributed by atoms with Crippen molar-refractivity contribution in [2.45, 2.75) is 507 Å². The first-order chi connectivity index (χ1) is 58.2. The number of hydrogen-bond donors (Lipinski definition) is 0. The van der Waals surface area contributed by atoms with E-state index in [2.05, 4.69) is 275 Å². The van der Waals surface area contributed by atoms with Crippen LogP contribution in [-0.2, 0) is 71.0 Å². The van der Waals surface area contributed by atoms with Crippen LogP contribution in [0, 0.1) is 0 Å². The summed E-state index contributed by atoms with van der Waals surface area (Å²) in [4.78, 5) is 0. The van der Waals surface area contributed by atoms with Gasteiger partial charge in [-0.3, -0.25) is 0 Å². The topological polar surface area (TPSA) is 55.4 Å². The van der Waals surface area contributed by atoms with Crippen molar-refractivity contribution in [3.8, 4) is 34.5 Å². The van der Waals surface area contributed by atoms with Gasteiger partial charge in [0.05, 0.1) is 0 Å². The highest BCUT2D eigenvalue weighted by Crippen LogP contribution is 2.52. The molecule has 0 bridgehead atoms.